The molecule has 0 bridgehead atoms. The summed E-state index contributed by atoms with van der Waals surface area (Å²) < 4.78 is -0.731. The molecule has 2 aliphatic heterocycles. The van der Waals surface area contributed by atoms with E-state index in [1.807, 2.05) is 0 Å². The van der Waals surface area contributed by atoms with Crippen molar-refractivity contribution in [2.45, 2.75) is 42.1 Å². The molecule has 2 heterocycles. The molecule has 2 saturated heterocycles. The van der Waals surface area contributed by atoms with Gasteiger partial charge in [-0.05, 0) is 37.6 Å². The van der Waals surface area contributed by atoms with Crippen molar-refractivity contribution in [2.75, 3.05) is 6.54 Å². The summed E-state index contributed by atoms with van der Waals surface area (Å²) in [5.41, 5.74) is 6.95. The number of β-lactam (4-membered cyclic amide) rings is 1. The van der Waals surface area contributed by atoms with E-state index in [1.54, 1.807) is 56.3 Å². The van der Waals surface area contributed by atoms with Gasteiger partial charge in [0, 0.05) is 10.3 Å². The molecule has 10 nitrogen and oxygen atoms in total. The number of hydrogen-bond donors (Lipinski definition) is 4. The van der Waals surface area contributed by atoms with Gasteiger partial charge in [0.1, 0.15) is 35.9 Å². The summed E-state index contributed by atoms with van der Waals surface area (Å²) in [6, 6.07) is 10.2. The Morgan fingerprint density at radius 2 is 1.84 bits per heavy atom. The smallest absolute Gasteiger partial charge is 0.327 e. The van der Waals surface area contributed by atoms with Crippen LogP contribution in [0, 0.1) is 0 Å². The van der Waals surface area contributed by atoms with Crippen LogP contribution in [0.25, 0.3) is 0 Å². The topological polar surface area (TPSA) is 154 Å². The molecule has 2 fully saturated rings. The molecular formula is C25H25Cl2N5O5S. The lowest BCUT2D eigenvalue weighted by molar-refractivity contribution is -0.161. The minimum Gasteiger partial charge on any atom is -0.480 e. The van der Waals surface area contributed by atoms with Crippen LogP contribution in [0.1, 0.15) is 31.0 Å². The summed E-state index contributed by atoms with van der Waals surface area (Å²) in [6.45, 7) is 3.13. The number of hydrogen-bond acceptors (Lipinski definition) is 6. The second-order valence-corrected chi connectivity index (χ2v) is 11.9. The van der Waals surface area contributed by atoms with E-state index in [9.17, 15) is 24.3 Å². The van der Waals surface area contributed by atoms with Gasteiger partial charge in [-0.15, -0.1) is 11.8 Å². The van der Waals surface area contributed by atoms with Crippen LogP contribution in [-0.2, 0) is 19.2 Å². The van der Waals surface area contributed by atoms with E-state index in [0.717, 1.165) is 0 Å². The first-order chi connectivity index (χ1) is 17.9. The maximum absolute atomic E-state index is 13.3. The zero-order chi connectivity index (χ0) is 27.8. The Labute approximate surface area is 232 Å². The molecule has 0 aliphatic carbocycles. The summed E-state index contributed by atoms with van der Waals surface area (Å²) in [6.07, 6.45) is 0. The maximum atomic E-state index is 13.3. The highest BCUT2D eigenvalue weighted by Gasteiger charge is 2.64. The number of carboxylic acids is 1. The molecule has 13 heteroatoms. The quantitative estimate of drug-likeness (QED) is 0.213. The summed E-state index contributed by atoms with van der Waals surface area (Å²) in [5, 5.41) is 15.1. The molecule has 2 aliphatic rings. The Bertz CT molecular complexity index is 1320. The van der Waals surface area contributed by atoms with Crippen molar-refractivity contribution in [1.29, 1.82) is 0 Å². The van der Waals surface area contributed by atoms with Gasteiger partial charge in [-0.25, -0.2) is 4.79 Å². The molecule has 4 atom stereocenters. The van der Waals surface area contributed by atoms with Crippen molar-refractivity contribution in [1.82, 2.24) is 15.5 Å². The van der Waals surface area contributed by atoms with E-state index in [-0.39, 0.29) is 17.4 Å². The molecule has 0 spiro atoms. The van der Waals surface area contributed by atoms with Crippen LogP contribution in [0.5, 0.6) is 0 Å². The summed E-state index contributed by atoms with van der Waals surface area (Å²) >= 11 is 13.2. The zero-order valence-electron chi connectivity index (χ0n) is 20.4. The fourth-order valence-electron chi connectivity index (χ4n) is 4.44. The first-order valence-corrected chi connectivity index (χ1v) is 13.2. The third-order valence-electron chi connectivity index (χ3n) is 6.28. The number of carboxylic acid groups (broad SMARTS) is 1. The number of thioether (sulfide) groups is 1. The van der Waals surface area contributed by atoms with E-state index in [2.05, 4.69) is 15.6 Å². The molecule has 3 amide bonds. The van der Waals surface area contributed by atoms with Crippen LogP contribution < -0.4 is 16.4 Å². The predicted molar refractivity (Wildman–Crippen MR) is 145 cm³/mol. The first kappa shape index (κ1) is 27.7. The summed E-state index contributed by atoms with van der Waals surface area (Å²) in [7, 11) is 0. The van der Waals surface area contributed by atoms with Crippen LogP contribution in [-0.4, -0.2) is 68.3 Å². The third kappa shape index (κ3) is 5.45. The zero-order valence-corrected chi connectivity index (χ0v) is 22.7. The number of fused-ring (bicyclic) bond motifs is 1. The lowest BCUT2D eigenvalue weighted by atomic mass is 9.95. The number of nitrogens with zero attached hydrogens (tertiary/aromatic N) is 2. The molecular weight excluding hydrogens is 553 g/mol. The molecule has 5 N–H and O–H groups in total. The van der Waals surface area contributed by atoms with Gasteiger partial charge in [-0.3, -0.25) is 19.4 Å². The molecule has 38 heavy (non-hydrogen) atoms. The molecule has 200 valence electrons. The highest BCUT2D eigenvalue weighted by Crippen LogP contribution is 2.50. The Kier molecular flexibility index (Phi) is 7.91. The molecule has 2 aromatic carbocycles. The standard InChI is InChI=1S/C25H25Cl2N5O5S/c1-25(2)19(24(36)37)32-22(35)18(23(32)38-25)31-21(34)17(12-6-4-3-5-7-12)30-16(33)11-29-20(28)13-8-9-14(26)15(27)10-13/h3-10,17-19,23H,11H2,1-2H3,(H2,28,29)(H,30,33)(H,31,34)(H,36,37)/t17?,18-,19+,23-/m1/s1. The van der Waals surface area contributed by atoms with E-state index in [1.165, 1.54) is 22.7 Å². The Morgan fingerprint density at radius 3 is 2.47 bits per heavy atom. The normalized spacial score (nSPS) is 22.7. The average molecular weight is 578 g/mol. The number of amidine groups is 1. The highest BCUT2D eigenvalue weighted by atomic mass is 35.5. The number of halogens is 2. The van der Waals surface area contributed by atoms with Crippen LogP contribution in [0.15, 0.2) is 53.5 Å². The monoisotopic (exact) mass is 577 g/mol. The fourth-order valence-corrected chi connectivity index (χ4v) is 6.36. The SMILES string of the molecule is CC1(C)S[C@@H]2[C@H](NC(=O)C(NC(=O)CN=C(N)c3ccc(Cl)c(Cl)c3)c3ccccc3)C(=O)N2[C@H]1C(=O)O. The number of benzene rings is 2. The van der Waals surface area contributed by atoms with Gasteiger partial charge in [-0.2, -0.15) is 0 Å². The van der Waals surface area contributed by atoms with Gasteiger partial charge >= 0.3 is 5.97 Å². The summed E-state index contributed by atoms with van der Waals surface area (Å²) in [4.78, 5) is 56.0. The predicted octanol–water partition coefficient (Wildman–Crippen LogP) is 2.19. The molecule has 4 rings (SSSR count). The minimum atomic E-state index is -1.12. The maximum Gasteiger partial charge on any atom is 0.327 e. The lowest BCUT2D eigenvalue weighted by Gasteiger charge is -2.44. The number of rotatable bonds is 8. The number of carbonyl (C=O) groups is 4. The highest BCUT2D eigenvalue weighted by molar-refractivity contribution is 8.01. The number of nitrogens with two attached hydrogens (primary N) is 1. The lowest BCUT2D eigenvalue weighted by Crippen LogP contribution is -2.71. The third-order valence-corrected chi connectivity index (χ3v) is 8.59. The van der Waals surface area contributed by atoms with E-state index < -0.39 is 51.9 Å². The van der Waals surface area contributed by atoms with Crippen molar-refractivity contribution in [3.05, 3.63) is 69.7 Å². The molecule has 0 radical (unpaired) electrons. The second kappa shape index (κ2) is 10.8. The largest absolute Gasteiger partial charge is 0.480 e. The Balaban J connectivity index is 1.46. The molecule has 1 unspecified atom stereocenters. The van der Waals surface area contributed by atoms with Crippen molar-refractivity contribution >= 4 is 64.5 Å². The fraction of sp³-hybridized carbons (Fsp3) is 0.320. The van der Waals surface area contributed by atoms with Crippen molar-refractivity contribution in [2.24, 2.45) is 10.7 Å². The van der Waals surface area contributed by atoms with Gasteiger partial charge in [0.05, 0.1) is 10.0 Å². The van der Waals surface area contributed by atoms with Gasteiger partial charge < -0.3 is 26.4 Å². The van der Waals surface area contributed by atoms with Crippen LogP contribution in [0.4, 0.5) is 0 Å². The number of amides is 3. The average Bonchev–Trinajstić information content (AvgIpc) is 3.14. The molecule has 2 aromatic rings. The number of aliphatic carboxylic acids is 1. The van der Waals surface area contributed by atoms with Crippen molar-refractivity contribution in [3.8, 4) is 0 Å². The number of carbonyl (C=O) groups excluding carboxylic acids is 3. The summed E-state index contributed by atoms with van der Waals surface area (Å²) in [5.74, 6) is -2.71. The van der Waals surface area contributed by atoms with Crippen molar-refractivity contribution in [3.63, 3.8) is 0 Å². The molecule has 0 aromatic heterocycles. The Hall–Kier alpha value is -3.28. The van der Waals surface area contributed by atoms with Crippen LogP contribution >= 0.6 is 35.0 Å². The van der Waals surface area contributed by atoms with Gasteiger partial charge in [-0.1, -0.05) is 53.5 Å². The minimum absolute atomic E-state index is 0.0634. The van der Waals surface area contributed by atoms with Gasteiger partial charge in [0.2, 0.25) is 17.7 Å². The second-order valence-electron chi connectivity index (χ2n) is 9.33. The van der Waals surface area contributed by atoms with Gasteiger partial charge in [0.15, 0.2) is 0 Å². The first-order valence-electron chi connectivity index (χ1n) is 11.5. The number of nitrogens with one attached hydrogen (secondary N) is 2. The van der Waals surface area contributed by atoms with Gasteiger partial charge in [0.25, 0.3) is 0 Å². The Morgan fingerprint density at radius 1 is 1.16 bits per heavy atom. The van der Waals surface area contributed by atoms with E-state index in [0.29, 0.717) is 16.1 Å². The van der Waals surface area contributed by atoms with Crippen molar-refractivity contribution < 1.29 is 24.3 Å². The number of aliphatic imine (C=N–C) groups is 1. The van der Waals surface area contributed by atoms with E-state index >= 15 is 0 Å². The van der Waals surface area contributed by atoms with Crippen LogP contribution in [0.3, 0.4) is 0 Å². The van der Waals surface area contributed by atoms with Crippen LogP contribution in [0.2, 0.25) is 10.0 Å². The molecule has 0 saturated carbocycles. The van der Waals surface area contributed by atoms with E-state index in [4.69, 9.17) is 28.9 Å².